The number of carbonyl (C=O) groups is 1. The molecule has 0 unspecified atom stereocenters. The van der Waals surface area contributed by atoms with Crippen molar-refractivity contribution in [3.63, 3.8) is 0 Å². The third-order valence-electron chi connectivity index (χ3n) is 3.94. The first kappa shape index (κ1) is 17.8. The minimum absolute atomic E-state index is 0.116. The Hall–Kier alpha value is -3.59. The first-order valence-corrected chi connectivity index (χ1v) is 9.73. The summed E-state index contributed by atoms with van der Waals surface area (Å²) in [4.78, 5) is 16.6. The van der Waals surface area contributed by atoms with Gasteiger partial charge < -0.3 is 14.8 Å². The average Bonchev–Trinajstić information content (AvgIpc) is 3.16. The van der Waals surface area contributed by atoms with Gasteiger partial charge in [0.05, 0.1) is 22.3 Å². The molecule has 0 bridgehead atoms. The van der Waals surface area contributed by atoms with E-state index in [0.29, 0.717) is 17.2 Å². The molecule has 9 heteroatoms. The zero-order valence-electron chi connectivity index (χ0n) is 14.5. The van der Waals surface area contributed by atoms with Crippen LogP contribution in [0.1, 0.15) is 10.4 Å². The van der Waals surface area contributed by atoms with E-state index in [-0.39, 0.29) is 22.9 Å². The van der Waals surface area contributed by atoms with E-state index in [0.717, 1.165) is 0 Å². The van der Waals surface area contributed by atoms with Gasteiger partial charge >= 0.3 is 0 Å². The van der Waals surface area contributed by atoms with Crippen LogP contribution >= 0.6 is 0 Å². The van der Waals surface area contributed by atoms with E-state index in [1.165, 1.54) is 30.6 Å². The molecule has 0 aliphatic carbocycles. The zero-order chi connectivity index (χ0) is 19.6. The van der Waals surface area contributed by atoms with Gasteiger partial charge in [-0.05, 0) is 30.3 Å². The monoisotopic (exact) mass is 397 g/mol. The molecule has 0 atom stereocenters. The number of rotatable bonds is 5. The van der Waals surface area contributed by atoms with Crippen LogP contribution in [-0.4, -0.2) is 26.1 Å². The van der Waals surface area contributed by atoms with Crippen molar-refractivity contribution in [2.45, 2.75) is 4.90 Å². The smallest absolute Gasteiger partial charge is 0.261 e. The molecular formula is C19H15N3O5S. The maximum absolute atomic E-state index is 12.5. The van der Waals surface area contributed by atoms with Gasteiger partial charge in [-0.3, -0.25) is 14.5 Å². The number of nitrogens with zero attached hydrogens (tertiary/aromatic N) is 1. The second-order valence-corrected chi connectivity index (χ2v) is 7.59. The molecule has 142 valence electrons. The summed E-state index contributed by atoms with van der Waals surface area (Å²) in [6.07, 6.45) is 2.68. The Morgan fingerprint density at radius 1 is 0.929 bits per heavy atom. The number of sulfonamides is 1. The standard InChI is InChI=1S/C19H15N3O5S/c23-19(21-14-6-7-17-18(9-14)27-12-26-17)13-8-15(11-20-10-13)22-28(24,25)16-4-2-1-3-5-16/h1-11,22H,12H2,(H,21,23). The summed E-state index contributed by atoms with van der Waals surface area (Å²) in [5.74, 6) is 0.712. The predicted octanol–water partition coefficient (Wildman–Crippen LogP) is 2.86. The van der Waals surface area contributed by atoms with Crippen molar-refractivity contribution in [1.82, 2.24) is 4.98 Å². The number of nitrogens with one attached hydrogen (secondary N) is 2. The number of pyridine rings is 1. The largest absolute Gasteiger partial charge is 0.454 e. The van der Waals surface area contributed by atoms with Gasteiger partial charge in [0.25, 0.3) is 15.9 Å². The minimum Gasteiger partial charge on any atom is -0.454 e. The third-order valence-corrected chi connectivity index (χ3v) is 5.33. The Balaban J connectivity index is 1.51. The third kappa shape index (κ3) is 3.74. The van der Waals surface area contributed by atoms with Crippen LogP contribution in [0.25, 0.3) is 0 Å². The van der Waals surface area contributed by atoms with Gasteiger partial charge in [0.1, 0.15) is 0 Å². The van der Waals surface area contributed by atoms with E-state index in [9.17, 15) is 13.2 Å². The van der Waals surface area contributed by atoms with Crippen molar-refractivity contribution in [2.75, 3.05) is 16.8 Å². The topological polar surface area (TPSA) is 107 Å². The molecule has 1 aliphatic rings. The summed E-state index contributed by atoms with van der Waals surface area (Å²) >= 11 is 0. The number of anilines is 2. The maximum Gasteiger partial charge on any atom is 0.261 e. The molecule has 2 N–H and O–H groups in total. The molecule has 2 aromatic carbocycles. The quantitative estimate of drug-likeness (QED) is 0.686. The van der Waals surface area contributed by atoms with Crippen LogP contribution in [-0.2, 0) is 10.0 Å². The van der Waals surface area contributed by atoms with E-state index < -0.39 is 15.9 Å². The molecule has 1 aliphatic heterocycles. The fourth-order valence-electron chi connectivity index (χ4n) is 2.61. The van der Waals surface area contributed by atoms with Crippen molar-refractivity contribution < 1.29 is 22.7 Å². The van der Waals surface area contributed by atoms with Crippen LogP contribution in [0.3, 0.4) is 0 Å². The molecule has 1 aromatic heterocycles. The second-order valence-electron chi connectivity index (χ2n) is 5.90. The van der Waals surface area contributed by atoms with Crippen LogP contribution in [0.4, 0.5) is 11.4 Å². The number of amides is 1. The predicted molar refractivity (Wildman–Crippen MR) is 102 cm³/mol. The number of hydrogen-bond donors (Lipinski definition) is 2. The van der Waals surface area contributed by atoms with Gasteiger partial charge in [-0.1, -0.05) is 18.2 Å². The number of fused-ring (bicyclic) bond motifs is 1. The van der Waals surface area contributed by atoms with Gasteiger partial charge in [-0.25, -0.2) is 8.42 Å². The fraction of sp³-hybridized carbons (Fsp3) is 0.0526. The molecule has 0 saturated carbocycles. The van der Waals surface area contributed by atoms with E-state index in [4.69, 9.17) is 9.47 Å². The van der Waals surface area contributed by atoms with E-state index >= 15 is 0 Å². The normalized spacial score (nSPS) is 12.4. The Kier molecular flexibility index (Phi) is 4.58. The molecule has 3 aromatic rings. The van der Waals surface area contributed by atoms with Gasteiger partial charge in [-0.2, -0.15) is 0 Å². The van der Waals surface area contributed by atoms with Crippen molar-refractivity contribution in [3.8, 4) is 11.5 Å². The molecule has 0 radical (unpaired) electrons. The summed E-state index contributed by atoms with van der Waals surface area (Å²) in [6, 6.07) is 14.4. The highest BCUT2D eigenvalue weighted by Crippen LogP contribution is 2.34. The Bertz CT molecular complexity index is 1130. The molecule has 0 saturated heterocycles. The molecule has 2 heterocycles. The molecule has 0 fully saturated rings. The van der Waals surface area contributed by atoms with E-state index in [1.807, 2.05) is 0 Å². The highest BCUT2D eigenvalue weighted by Gasteiger charge is 2.17. The van der Waals surface area contributed by atoms with Gasteiger partial charge in [0.2, 0.25) is 6.79 Å². The van der Waals surface area contributed by atoms with Crippen molar-refractivity contribution >= 4 is 27.3 Å². The number of ether oxygens (including phenoxy) is 2. The zero-order valence-corrected chi connectivity index (χ0v) is 15.3. The van der Waals surface area contributed by atoms with Crippen molar-refractivity contribution in [3.05, 3.63) is 72.6 Å². The second kappa shape index (κ2) is 7.20. The van der Waals surface area contributed by atoms with Gasteiger partial charge in [-0.15, -0.1) is 0 Å². The molecule has 0 spiro atoms. The number of benzene rings is 2. The fourth-order valence-corrected chi connectivity index (χ4v) is 3.67. The first-order valence-electron chi connectivity index (χ1n) is 8.25. The van der Waals surface area contributed by atoms with Crippen LogP contribution in [0.5, 0.6) is 11.5 Å². The summed E-state index contributed by atoms with van der Waals surface area (Å²) in [6.45, 7) is 0.139. The minimum atomic E-state index is -3.77. The molecular weight excluding hydrogens is 382 g/mol. The Morgan fingerprint density at radius 2 is 1.71 bits per heavy atom. The highest BCUT2D eigenvalue weighted by molar-refractivity contribution is 7.92. The number of carbonyl (C=O) groups excluding carboxylic acids is 1. The van der Waals surface area contributed by atoms with Gasteiger partial charge in [0, 0.05) is 18.0 Å². The first-order chi connectivity index (χ1) is 13.5. The summed E-state index contributed by atoms with van der Waals surface area (Å²) in [5, 5.41) is 2.72. The lowest BCUT2D eigenvalue weighted by Crippen LogP contribution is -2.15. The number of hydrogen-bond acceptors (Lipinski definition) is 6. The summed E-state index contributed by atoms with van der Waals surface area (Å²) in [7, 11) is -3.77. The molecule has 1 amide bonds. The maximum atomic E-state index is 12.5. The Labute approximate surface area is 161 Å². The Morgan fingerprint density at radius 3 is 2.54 bits per heavy atom. The number of aromatic nitrogens is 1. The van der Waals surface area contributed by atoms with Crippen LogP contribution in [0.15, 0.2) is 71.9 Å². The van der Waals surface area contributed by atoms with Crippen molar-refractivity contribution in [1.29, 1.82) is 0 Å². The van der Waals surface area contributed by atoms with Crippen LogP contribution in [0, 0.1) is 0 Å². The SMILES string of the molecule is O=C(Nc1ccc2c(c1)OCO2)c1cncc(NS(=O)(=O)c2ccccc2)c1. The lowest BCUT2D eigenvalue weighted by molar-refractivity contribution is 0.102. The van der Waals surface area contributed by atoms with Crippen molar-refractivity contribution in [2.24, 2.45) is 0 Å². The molecule has 28 heavy (non-hydrogen) atoms. The average molecular weight is 397 g/mol. The summed E-state index contributed by atoms with van der Waals surface area (Å²) in [5.41, 5.74) is 0.901. The highest BCUT2D eigenvalue weighted by atomic mass is 32.2. The molecule has 8 nitrogen and oxygen atoms in total. The van der Waals surface area contributed by atoms with Gasteiger partial charge in [0.15, 0.2) is 11.5 Å². The molecule has 4 rings (SSSR count). The lowest BCUT2D eigenvalue weighted by atomic mass is 10.2. The van der Waals surface area contributed by atoms with Crippen LogP contribution in [0.2, 0.25) is 0 Å². The van der Waals surface area contributed by atoms with E-state index in [1.54, 1.807) is 36.4 Å². The lowest BCUT2D eigenvalue weighted by Gasteiger charge is -2.10. The summed E-state index contributed by atoms with van der Waals surface area (Å²) < 4.78 is 37.8. The van der Waals surface area contributed by atoms with Crippen LogP contribution < -0.4 is 19.5 Å². The van der Waals surface area contributed by atoms with E-state index in [2.05, 4.69) is 15.0 Å².